The first-order chi connectivity index (χ1) is 10.6. The van der Waals surface area contributed by atoms with Crippen LogP contribution in [0.15, 0.2) is 64.2 Å². The van der Waals surface area contributed by atoms with Crippen LogP contribution in [0.2, 0.25) is 0 Å². The molecular formula is C16H15NO3S2. The predicted octanol–water partition coefficient (Wildman–Crippen LogP) is 2.91. The number of hydrogen-bond donors (Lipinski definition) is 2. The summed E-state index contributed by atoms with van der Waals surface area (Å²) in [5.41, 5.74) is 0.714. The summed E-state index contributed by atoms with van der Waals surface area (Å²) in [6.07, 6.45) is -0.903. The third kappa shape index (κ3) is 3.05. The number of thiophene rings is 1. The van der Waals surface area contributed by atoms with Crippen LogP contribution in [0.25, 0.3) is 10.8 Å². The first-order valence-electron chi connectivity index (χ1n) is 6.75. The molecule has 3 rings (SSSR count). The minimum Gasteiger partial charge on any atom is -0.387 e. The molecule has 1 heterocycles. The molecule has 0 amide bonds. The maximum atomic E-state index is 12.1. The smallest absolute Gasteiger partial charge is 0.241 e. The van der Waals surface area contributed by atoms with E-state index in [9.17, 15) is 13.5 Å². The molecule has 1 aromatic heterocycles. The van der Waals surface area contributed by atoms with E-state index in [1.54, 1.807) is 10.8 Å². The quantitative estimate of drug-likeness (QED) is 0.754. The normalized spacial score (nSPS) is 13.3. The van der Waals surface area contributed by atoms with Gasteiger partial charge in [-0.15, -0.1) is 0 Å². The second-order valence-electron chi connectivity index (χ2n) is 4.90. The van der Waals surface area contributed by atoms with Gasteiger partial charge >= 0.3 is 0 Å². The molecule has 0 bridgehead atoms. The van der Waals surface area contributed by atoms with E-state index in [0.717, 1.165) is 10.8 Å². The summed E-state index contributed by atoms with van der Waals surface area (Å²) in [6, 6.07) is 14.9. The fraction of sp³-hybridized carbons (Fsp3) is 0.125. The Morgan fingerprint density at radius 1 is 1.09 bits per heavy atom. The molecule has 1 atom stereocenters. The first kappa shape index (κ1) is 15.2. The van der Waals surface area contributed by atoms with Crippen LogP contribution in [0.1, 0.15) is 11.7 Å². The lowest BCUT2D eigenvalue weighted by atomic mass is 10.0. The largest absolute Gasteiger partial charge is 0.387 e. The standard InChI is InChI=1S/C16H15NO3S2/c18-16(10-17-22(19,20)13-8-9-21-11-13)15-7-3-5-12-4-1-2-6-14(12)15/h1-9,11,16-18H,10H2. The van der Waals surface area contributed by atoms with Crippen LogP contribution in [-0.2, 0) is 10.0 Å². The summed E-state index contributed by atoms with van der Waals surface area (Å²) in [7, 11) is -3.57. The molecule has 114 valence electrons. The lowest BCUT2D eigenvalue weighted by Gasteiger charge is -2.14. The number of aliphatic hydroxyl groups excluding tert-OH is 1. The fourth-order valence-electron chi connectivity index (χ4n) is 2.33. The van der Waals surface area contributed by atoms with Gasteiger partial charge in [0.1, 0.15) is 0 Å². The molecule has 0 aliphatic carbocycles. The highest BCUT2D eigenvalue weighted by Gasteiger charge is 2.18. The molecule has 0 spiro atoms. The molecule has 4 nitrogen and oxygen atoms in total. The van der Waals surface area contributed by atoms with E-state index in [-0.39, 0.29) is 11.4 Å². The van der Waals surface area contributed by atoms with Gasteiger partial charge < -0.3 is 5.11 Å². The van der Waals surface area contributed by atoms with Crippen molar-refractivity contribution >= 4 is 32.1 Å². The van der Waals surface area contributed by atoms with Gasteiger partial charge in [-0.25, -0.2) is 13.1 Å². The van der Waals surface area contributed by atoms with Crippen LogP contribution >= 0.6 is 11.3 Å². The Morgan fingerprint density at radius 3 is 2.64 bits per heavy atom. The summed E-state index contributed by atoms with van der Waals surface area (Å²) >= 11 is 1.32. The third-order valence-corrected chi connectivity index (χ3v) is 5.71. The second kappa shape index (κ2) is 6.18. The van der Waals surface area contributed by atoms with Gasteiger partial charge in [-0.3, -0.25) is 0 Å². The van der Waals surface area contributed by atoms with Gasteiger partial charge in [-0.2, -0.15) is 11.3 Å². The van der Waals surface area contributed by atoms with E-state index in [0.29, 0.717) is 5.56 Å². The molecule has 0 saturated heterocycles. The maximum absolute atomic E-state index is 12.1. The van der Waals surface area contributed by atoms with Crippen LogP contribution in [-0.4, -0.2) is 20.1 Å². The molecule has 1 unspecified atom stereocenters. The zero-order valence-corrected chi connectivity index (χ0v) is 13.3. The van der Waals surface area contributed by atoms with Gasteiger partial charge in [0, 0.05) is 11.9 Å². The van der Waals surface area contributed by atoms with E-state index >= 15 is 0 Å². The molecule has 0 aliphatic rings. The molecule has 0 radical (unpaired) electrons. The summed E-state index contributed by atoms with van der Waals surface area (Å²) in [6.45, 7) is -0.0633. The van der Waals surface area contributed by atoms with E-state index in [2.05, 4.69) is 4.72 Å². The molecule has 2 N–H and O–H groups in total. The monoisotopic (exact) mass is 333 g/mol. The molecule has 22 heavy (non-hydrogen) atoms. The van der Waals surface area contributed by atoms with Crippen molar-refractivity contribution < 1.29 is 13.5 Å². The summed E-state index contributed by atoms with van der Waals surface area (Å²) in [5.74, 6) is 0. The Balaban J connectivity index is 1.81. The van der Waals surface area contributed by atoms with Gasteiger partial charge in [0.2, 0.25) is 10.0 Å². The van der Waals surface area contributed by atoms with E-state index in [4.69, 9.17) is 0 Å². The minimum atomic E-state index is -3.57. The topological polar surface area (TPSA) is 66.4 Å². The number of sulfonamides is 1. The SMILES string of the molecule is O=S(=O)(NCC(O)c1cccc2ccccc12)c1ccsc1. The van der Waals surface area contributed by atoms with Gasteiger partial charge in [0.15, 0.2) is 0 Å². The minimum absolute atomic E-state index is 0.0633. The van der Waals surface area contributed by atoms with Crippen LogP contribution in [0, 0.1) is 0 Å². The van der Waals surface area contributed by atoms with Crippen LogP contribution in [0.3, 0.4) is 0 Å². The highest BCUT2D eigenvalue weighted by Crippen LogP contribution is 2.24. The highest BCUT2D eigenvalue weighted by molar-refractivity contribution is 7.89. The molecule has 2 aromatic carbocycles. The average molecular weight is 333 g/mol. The van der Waals surface area contributed by atoms with Gasteiger partial charge in [-0.1, -0.05) is 42.5 Å². The molecule has 0 aliphatic heterocycles. The van der Waals surface area contributed by atoms with Crippen molar-refractivity contribution in [3.8, 4) is 0 Å². The van der Waals surface area contributed by atoms with Crippen LogP contribution < -0.4 is 4.72 Å². The van der Waals surface area contributed by atoms with Crippen LogP contribution in [0.4, 0.5) is 0 Å². The van der Waals surface area contributed by atoms with Crippen molar-refractivity contribution in [2.75, 3.05) is 6.54 Å². The van der Waals surface area contributed by atoms with Crippen molar-refractivity contribution in [2.45, 2.75) is 11.0 Å². The number of fused-ring (bicyclic) bond motifs is 1. The van der Waals surface area contributed by atoms with E-state index < -0.39 is 16.1 Å². The number of hydrogen-bond acceptors (Lipinski definition) is 4. The van der Waals surface area contributed by atoms with Gasteiger partial charge in [-0.05, 0) is 27.8 Å². The number of rotatable bonds is 5. The van der Waals surface area contributed by atoms with Crippen molar-refractivity contribution in [3.05, 3.63) is 64.9 Å². The average Bonchev–Trinajstić information content (AvgIpc) is 3.07. The van der Waals surface area contributed by atoms with Crippen molar-refractivity contribution in [3.63, 3.8) is 0 Å². The molecular weight excluding hydrogens is 318 g/mol. The van der Waals surface area contributed by atoms with Gasteiger partial charge in [0.05, 0.1) is 11.0 Å². The first-order valence-corrected chi connectivity index (χ1v) is 9.18. The Morgan fingerprint density at radius 2 is 1.86 bits per heavy atom. The van der Waals surface area contributed by atoms with Gasteiger partial charge in [0.25, 0.3) is 0 Å². The van der Waals surface area contributed by atoms with E-state index in [1.807, 2.05) is 42.5 Å². The van der Waals surface area contributed by atoms with E-state index in [1.165, 1.54) is 17.4 Å². The number of aliphatic hydroxyl groups is 1. The number of nitrogens with one attached hydrogen (secondary N) is 1. The summed E-state index contributed by atoms with van der Waals surface area (Å²) < 4.78 is 26.6. The second-order valence-corrected chi connectivity index (χ2v) is 7.44. The Hall–Kier alpha value is -1.73. The zero-order chi connectivity index (χ0) is 15.6. The Bertz CT molecular complexity index is 868. The maximum Gasteiger partial charge on any atom is 0.241 e. The molecule has 6 heteroatoms. The molecule has 0 saturated carbocycles. The lowest BCUT2D eigenvalue weighted by molar-refractivity contribution is 0.183. The molecule has 3 aromatic rings. The number of benzene rings is 2. The van der Waals surface area contributed by atoms with Crippen molar-refractivity contribution in [1.82, 2.24) is 4.72 Å². The summed E-state index contributed by atoms with van der Waals surface area (Å²) in [5, 5.41) is 15.6. The zero-order valence-electron chi connectivity index (χ0n) is 11.6. The Kier molecular flexibility index (Phi) is 4.26. The molecule has 0 fully saturated rings. The Labute approximate surface area is 133 Å². The summed E-state index contributed by atoms with van der Waals surface area (Å²) in [4.78, 5) is 0.225. The van der Waals surface area contributed by atoms with Crippen LogP contribution in [0.5, 0.6) is 0 Å². The fourth-order valence-corrected chi connectivity index (χ4v) is 4.39. The highest BCUT2D eigenvalue weighted by atomic mass is 32.2. The third-order valence-electron chi connectivity index (χ3n) is 3.45. The lowest BCUT2D eigenvalue weighted by Crippen LogP contribution is -2.28. The predicted molar refractivity (Wildman–Crippen MR) is 88.4 cm³/mol. The van der Waals surface area contributed by atoms with Crippen molar-refractivity contribution in [1.29, 1.82) is 0 Å². The van der Waals surface area contributed by atoms with Crippen molar-refractivity contribution in [2.24, 2.45) is 0 Å².